The van der Waals surface area contributed by atoms with Gasteiger partial charge < -0.3 is 18.4 Å². The van der Waals surface area contributed by atoms with Crippen LogP contribution in [0.5, 0.6) is 0 Å². The Kier molecular flexibility index (Phi) is 23.3. The molecule has 0 aliphatic carbocycles. The summed E-state index contributed by atoms with van der Waals surface area (Å²) in [6.45, 7) is 10.0. The van der Waals surface area contributed by atoms with Crippen molar-refractivity contribution in [1.29, 1.82) is 0 Å². The lowest BCUT2D eigenvalue weighted by Crippen LogP contribution is -2.51. The molecule has 1 atom stereocenters. The molecular formula is C26H56O4Si. The molecule has 0 radical (unpaired) electrons. The van der Waals surface area contributed by atoms with Gasteiger partial charge >= 0.3 is 8.80 Å². The molecule has 5 heteroatoms. The molecular weight excluding hydrogens is 404 g/mol. The van der Waals surface area contributed by atoms with Gasteiger partial charge in [-0.15, -0.1) is 0 Å². The van der Waals surface area contributed by atoms with Crippen molar-refractivity contribution in [2.24, 2.45) is 0 Å². The van der Waals surface area contributed by atoms with Crippen molar-refractivity contribution in [2.45, 2.75) is 142 Å². The van der Waals surface area contributed by atoms with E-state index in [0.717, 1.165) is 12.8 Å². The molecule has 0 aromatic rings. The summed E-state index contributed by atoms with van der Waals surface area (Å²) in [6, 6.07) is 0. The Labute approximate surface area is 196 Å². The van der Waals surface area contributed by atoms with E-state index in [2.05, 4.69) is 6.92 Å². The van der Waals surface area contributed by atoms with E-state index in [1.165, 1.54) is 96.3 Å². The highest BCUT2D eigenvalue weighted by atomic mass is 28.4. The molecule has 0 aliphatic heterocycles. The summed E-state index contributed by atoms with van der Waals surface area (Å²) in [6.07, 6.45) is 22.9. The van der Waals surface area contributed by atoms with Gasteiger partial charge in [0.15, 0.2) is 0 Å². The predicted molar refractivity (Wildman–Crippen MR) is 136 cm³/mol. The molecule has 1 unspecified atom stereocenters. The summed E-state index contributed by atoms with van der Waals surface area (Å²) in [5.41, 5.74) is -0.000931. The normalized spacial score (nSPS) is 13.1. The second-order valence-corrected chi connectivity index (χ2v) is 11.8. The minimum absolute atomic E-state index is 0.000931. The Morgan fingerprint density at radius 2 is 0.839 bits per heavy atom. The minimum atomic E-state index is -2.78. The Bertz CT molecular complexity index is 337. The fraction of sp³-hybridized carbons (Fsp3) is 1.00. The van der Waals surface area contributed by atoms with Crippen LogP contribution in [0, 0.1) is 0 Å². The van der Waals surface area contributed by atoms with Gasteiger partial charge in [0.25, 0.3) is 0 Å². The SMILES string of the molecule is CCCCCCCCCCCCCCCCCCC(CO)[Si](OCC)(OCC)OCC. The zero-order valence-electron chi connectivity index (χ0n) is 21.6. The quantitative estimate of drug-likeness (QED) is 0.111. The van der Waals surface area contributed by atoms with Gasteiger partial charge in [-0.1, -0.05) is 110 Å². The summed E-state index contributed by atoms with van der Waals surface area (Å²) in [7, 11) is -2.78. The molecule has 0 aromatic heterocycles. The Morgan fingerprint density at radius 3 is 1.13 bits per heavy atom. The average molecular weight is 461 g/mol. The number of aliphatic hydroxyl groups excluding tert-OH is 1. The number of hydrogen-bond donors (Lipinski definition) is 1. The van der Waals surface area contributed by atoms with Crippen LogP contribution in [-0.2, 0) is 13.3 Å². The standard InChI is InChI=1S/C26H56O4Si/c1-5-9-10-11-12-13-14-15-16-17-18-19-20-21-22-23-24-26(25-27)31(28-6-2,29-7-3)30-8-4/h26-27H,5-25H2,1-4H3. The number of aliphatic hydroxyl groups is 1. The molecule has 0 fully saturated rings. The van der Waals surface area contributed by atoms with E-state index in [-0.39, 0.29) is 12.1 Å². The van der Waals surface area contributed by atoms with E-state index in [4.69, 9.17) is 13.3 Å². The van der Waals surface area contributed by atoms with E-state index in [9.17, 15) is 5.11 Å². The minimum Gasteiger partial charge on any atom is -0.396 e. The highest BCUT2D eigenvalue weighted by molar-refractivity contribution is 6.62. The van der Waals surface area contributed by atoms with Crippen LogP contribution >= 0.6 is 0 Å². The van der Waals surface area contributed by atoms with E-state index in [1.54, 1.807) is 0 Å². The maximum atomic E-state index is 9.96. The van der Waals surface area contributed by atoms with Gasteiger partial charge in [0.2, 0.25) is 0 Å². The maximum Gasteiger partial charge on any atom is 0.506 e. The Balaban J connectivity index is 3.72. The van der Waals surface area contributed by atoms with Crippen LogP contribution in [0.3, 0.4) is 0 Å². The molecule has 4 nitrogen and oxygen atoms in total. The molecule has 0 heterocycles. The lowest BCUT2D eigenvalue weighted by Gasteiger charge is -2.34. The van der Waals surface area contributed by atoms with Crippen LogP contribution in [0.15, 0.2) is 0 Å². The van der Waals surface area contributed by atoms with Crippen LogP contribution in [0.25, 0.3) is 0 Å². The van der Waals surface area contributed by atoms with Crippen molar-refractivity contribution in [1.82, 2.24) is 0 Å². The lowest BCUT2D eigenvalue weighted by molar-refractivity contribution is 0.0511. The summed E-state index contributed by atoms with van der Waals surface area (Å²) in [5, 5.41) is 9.96. The highest BCUT2D eigenvalue weighted by Crippen LogP contribution is 2.31. The van der Waals surface area contributed by atoms with Crippen molar-refractivity contribution in [3.05, 3.63) is 0 Å². The molecule has 0 saturated carbocycles. The third-order valence-corrected chi connectivity index (χ3v) is 9.71. The number of rotatable bonds is 25. The third kappa shape index (κ3) is 16.3. The largest absolute Gasteiger partial charge is 0.506 e. The van der Waals surface area contributed by atoms with E-state index >= 15 is 0 Å². The number of hydrogen-bond acceptors (Lipinski definition) is 4. The van der Waals surface area contributed by atoms with Crippen LogP contribution in [-0.4, -0.2) is 40.3 Å². The molecule has 0 aromatic carbocycles. The fourth-order valence-corrected chi connectivity index (χ4v) is 7.35. The molecule has 1 N–H and O–H groups in total. The van der Waals surface area contributed by atoms with Gasteiger partial charge in [-0.2, -0.15) is 0 Å². The monoisotopic (exact) mass is 460 g/mol. The summed E-state index contributed by atoms with van der Waals surface area (Å²) < 4.78 is 17.9. The second-order valence-electron chi connectivity index (χ2n) is 8.87. The van der Waals surface area contributed by atoms with Crippen LogP contribution in [0.4, 0.5) is 0 Å². The summed E-state index contributed by atoms with van der Waals surface area (Å²) >= 11 is 0. The van der Waals surface area contributed by atoms with Gasteiger partial charge in [0, 0.05) is 19.8 Å². The van der Waals surface area contributed by atoms with E-state index in [0.29, 0.717) is 19.8 Å². The fourth-order valence-electron chi connectivity index (χ4n) is 4.40. The van der Waals surface area contributed by atoms with Crippen molar-refractivity contribution in [3.63, 3.8) is 0 Å². The second kappa shape index (κ2) is 23.2. The molecule has 31 heavy (non-hydrogen) atoms. The van der Waals surface area contributed by atoms with Crippen LogP contribution in [0.1, 0.15) is 137 Å². The first kappa shape index (κ1) is 31.1. The summed E-state index contributed by atoms with van der Waals surface area (Å²) in [5.74, 6) is 0. The molecule has 0 aliphatic rings. The zero-order valence-corrected chi connectivity index (χ0v) is 22.6. The average Bonchev–Trinajstić information content (AvgIpc) is 2.76. The van der Waals surface area contributed by atoms with Crippen LogP contribution in [0.2, 0.25) is 5.54 Å². The predicted octanol–water partition coefficient (Wildman–Crippen LogP) is 8.05. The van der Waals surface area contributed by atoms with Crippen molar-refractivity contribution in [2.75, 3.05) is 26.4 Å². The zero-order chi connectivity index (χ0) is 23.0. The number of unbranched alkanes of at least 4 members (excludes halogenated alkanes) is 15. The van der Waals surface area contributed by atoms with Crippen molar-refractivity contribution in [3.8, 4) is 0 Å². The Morgan fingerprint density at radius 1 is 0.516 bits per heavy atom. The van der Waals surface area contributed by atoms with E-state index < -0.39 is 8.80 Å². The molecule has 0 spiro atoms. The maximum absolute atomic E-state index is 9.96. The van der Waals surface area contributed by atoms with Gasteiger partial charge in [0.1, 0.15) is 0 Å². The van der Waals surface area contributed by atoms with Crippen molar-refractivity contribution < 1.29 is 18.4 Å². The smallest absolute Gasteiger partial charge is 0.396 e. The van der Waals surface area contributed by atoms with Gasteiger partial charge in [-0.3, -0.25) is 0 Å². The highest BCUT2D eigenvalue weighted by Gasteiger charge is 2.48. The van der Waals surface area contributed by atoms with Gasteiger partial charge in [0.05, 0.1) is 12.1 Å². The first-order valence-electron chi connectivity index (χ1n) is 13.7. The Hall–Kier alpha value is 0.0569. The third-order valence-electron chi connectivity index (χ3n) is 6.16. The molecule has 0 amide bonds. The van der Waals surface area contributed by atoms with Gasteiger partial charge in [-0.25, -0.2) is 0 Å². The first-order chi connectivity index (χ1) is 15.2. The molecule has 0 saturated heterocycles. The van der Waals surface area contributed by atoms with Crippen molar-refractivity contribution >= 4 is 8.80 Å². The van der Waals surface area contributed by atoms with Gasteiger partial charge in [-0.05, 0) is 27.2 Å². The topological polar surface area (TPSA) is 47.9 Å². The lowest BCUT2D eigenvalue weighted by atomic mass is 10.0. The molecule has 0 bridgehead atoms. The van der Waals surface area contributed by atoms with Crippen LogP contribution < -0.4 is 0 Å². The first-order valence-corrected chi connectivity index (χ1v) is 15.5. The van der Waals surface area contributed by atoms with E-state index in [1.807, 2.05) is 20.8 Å². The molecule has 0 rings (SSSR count). The molecule has 188 valence electrons. The summed E-state index contributed by atoms with van der Waals surface area (Å²) in [4.78, 5) is 0.